The number of halogens is 1. The molecule has 0 spiro atoms. The third-order valence-electron chi connectivity index (χ3n) is 3.54. The maximum atomic E-state index is 12.2. The average molecular weight is 406 g/mol. The van der Waals surface area contributed by atoms with Gasteiger partial charge in [0.15, 0.2) is 17.6 Å². The Morgan fingerprint density at radius 1 is 1.08 bits per heavy atom. The number of carbonyl (C=O) groups excluding carboxylic acids is 2. The molecule has 2 aromatic carbocycles. The maximum absolute atomic E-state index is 12.2. The summed E-state index contributed by atoms with van der Waals surface area (Å²) in [5, 5.41) is 2.70. The standard InChI is InChI=1S/C18H16BrNO5/c1-11(25-18(22)12-2-4-13(19)5-3-12)17(21)20-14-6-7-15-16(10-14)24-9-8-23-15/h2-7,10-11H,8-9H2,1H3,(H,20,21)/t11-/m0/s1. The second-order valence-corrected chi connectivity index (χ2v) is 6.32. The van der Waals surface area contributed by atoms with Gasteiger partial charge in [-0.1, -0.05) is 15.9 Å². The van der Waals surface area contributed by atoms with E-state index in [-0.39, 0.29) is 0 Å². The van der Waals surface area contributed by atoms with Gasteiger partial charge >= 0.3 is 5.97 Å². The zero-order valence-electron chi connectivity index (χ0n) is 13.5. The number of hydrogen-bond acceptors (Lipinski definition) is 5. The zero-order valence-corrected chi connectivity index (χ0v) is 15.0. The highest BCUT2D eigenvalue weighted by Crippen LogP contribution is 2.32. The Morgan fingerprint density at radius 3 is 2.48 bits per heavy atom. The van der Waals surface area contributed by atoms with E-state index in [0.29, 0.717) is 36.0 Å². The number of rotatable bonds is 4. The largest absolute Gasteiger partial charge is 0.486 e. The van der Waals surface area contributed by atoms with Crippen molar-refractivity contribution in [3.05, 3.63) is 52.5 Å². The fraction of sp³-hybridized carbons (Fsp3) is 0.222. The van der Waals surface area contributed by atoms with Crippen molar-refractivity contribution in [1.29, 1.82) is 0 Å². The lowest BCUT2D eigenvalue weighted by atomic mass is 10.2. The summed E-state index contributed by atoms with van der Waals surface area (Å²) >= 11 is 3.30. The van der Waals surface area contributed by atoms with Gasteiger partial charge in [-0.15, -0.1) is 0 Å². The quantitative estimate of drug-likeness (QED) is 0.788. The Labute approximate surface area is 153 Å². The van der Waals surface area contributed by atoms with Crippen LogP contribution in [0, 0.1) is 0 Å². The normalized spacial score (nSPS) is 13.7. The molecule has 1 amide bonds. The molecule has 0 saturated carbocycles. The van der Waals surface area contributed by atoms with E-state index in [1.165, 1.54) is 6.92 Å². The Morgan fingerprint density at radius 2 is 1.76 bits per heavy atom. The van der Waals surface area contributed by atoms with E-state index in [1.54, 1.807) is 42.5 Å². The fourth-order valence-electron chi connectivity index (χ4n) is 2.23. The van der Waals surface area contributed by atoms with Crippen LogP contribution in [0.3, 0.4) is 0 Å². The summed E-state index contributed by atoms with van der Waals surface area (Å²) < 4.78 is 17.0. The Bertz CT molecular complexity index is 791. The Balaban J connectivity index is 1.60. The predicted octanol–water partition coefficient (Wildman–Crippen LogP) is 3.40. The van der Waals surface area contributed by atoms with Crippen LogP contribution >= 0.6 is 15.9 Å². The third-order valence-corrected chi connectivity index (χ3v) is 4.07. The minimum atomic E-state index is -0.940. The zero-order chi connectivity index (χ0) is 17.8. The SMILES string of the molecule is C[C@H](OC(=O)c1ccc(Br)cc1)C(=O)Nc1ccc2c(c1)OCCO2. The fourth-order valence-corrected chi connectivity index (χ4v) is 2.50. The molecule has 1 heterocycles. The predicted molar refractivity (Wildman–Crippen MR) is 95.1 cm³/mol. The Kier molecular flexibility index (Phi) is 5.23. The molecular formula is C18H16BrNO5. The van der Waals surface area contributed by atoms with Crippen molar-refractivity contribution in [1.82, 2.24) is 0 Å². The first-order chi connectivity index (χ1) is 12.0. The molecule has 25 heavy (non-hydrogen) atoms. The molecule has 3 rings (SSSR count). The van der Waals surface area contributed by atoms with Crippen molar-refractivity contribution in [2.24, 2.45) is 0 Å². The highest BCUT2D eigenvalue weighted by atomic mass is 79.9. The number of amides is 1. The lowest BCUT2D eigenvalue weighted by Crippen LogP contribution is -2.30. The van der Waals surface area contributed by atoms with Crippen LogP contribution in [0.1, 0.15) is 17.3 Å². The summed E-state index contributed by atoms with van der Waals surface area (Å²) in [4.78, 5) is 24.3. The van der Waals surface area contributed by atoms with Crippen LogP contribution in [0.15, 0.2) is 46.9 Å². The number of benzene rings is 2. The molecular weight excluding hydrogens is 390 g/mol. The summed E-state index contributed by atoms with van der Waals surface area (Å²) in [6, 6.07) is 11.8. The average Bonchev–Trinajstić information content (AvgIpc) is 2.62. The van der Waals surface area contributed by atoms with Crippen LogP contribution in [0.25, 0.3) is 0 Å². The van der Waals surface area contributed by atoms with Crippen LogP contribution < -0.4 is 14.8 Å². The van der Waals surface area contributed by atoms with Crippen molar-refractivity contribution in [2.45, 2.75) is 13.0 Å². The van der Waals surface area contributed by atoms with E-state index >= 15 is 0 Å². The first-order valence-corrected chi connectivity index (χ1v) is 8.49. The molecule has 0 bridgehead atoms. The minimum Gasteiger partial charge on any atom is -0.486 e. The van der Waals surface area contributed by atoms with E-state index in [4.69, 9.17) is 14.2 Å². The van der Waals surface area contributed by atoms with Crippen molar-refractivity contribution < 1.29 is 23.8 Å². The lowest BCUT2D eigenvalue weighted by molar-refractivity contribution is -0.123. The van der Waals surface area contributed by atoms with Crippen molar-refractivity contribution >= 4 is 33.5 Å². The summed E-state index contributed by atoms with van der Waals surface area (Å²) in [6.45, 7) is 2.48. The molecule has 1 N–H and O–H groups in total. The maximum Gasteiger partial charge on any atom is 0.338 e. The molecule has 7 heteroatoms. The molecule has 0 radical (unpaired) electrons. The van der Waals surface area contributed by atoms with Crippen LogP contribution in [-0.2, 0) is 9.53 Å². The molecule has 6 nitrogen and oxygen atoms in total. The molecule has 1 aliphatic rings. The van der Waals surface area contributed by atoms with Gasteiger partial charge in [0.1, 0.15) is 13.2 Å². The summed E-state index contributed by atoms with van der Waals surface area (Å²) in [5.41, 5.74) is 0.919. The number of nitrogens with one attached hydrogen (secondary N) is 1. The number of hydrogen-bond donors (Lipinski definition) is 1. The molecule has 0 aliphatic carbocycles. The third kappa shape index (κ3) is 4.30. The molecule has 130 valence electrons. The molecule has 0 aromatic heterocycles. The molecule has 0 saturated heterocycles. The second-order valence-electron chi connectivity index (χ2n) is 5.40. The van der Waals surface area contributed by atoms with Crippen LogP contribution in [0.5, 0.6) is 11.5 Å². The first kappa shape index (κ1) is 17.3. The molecule has 2 aromatic rings. The second kappa shape index (κ2) is 7.57. The molecule has 0 fully saturated rings. The number of fused-ring (bicyclic) bond motifs is 1. The number of ether oxygens (including phenoxy) is 3. The minimum absolute atomic E-state index is 0.377. The lowest BCUT2D eigenvalue weighted by Gasteiger charge is -2.19. The van der Waals surface area contributed by atoms with Gasteiger partial charge in [0.05, 0.1) is 5.56 Å². The molecule has 1 aliphatic heterocycles. The van der Waals surface area contributed by atoms with Crippen LogP contribution in [0.4, 0.5) is 5.69 Å². The monoisotopic (exact) mass is 405 g/mol. The van der Waals surface area contributed by atoms with Crippen molar-refractivity contribution in [3.8, 4) is 11.5 Å². The number of esters is 1. The van der Waals surface area contributed by atoms with E-state index in [9.17, 15) is 9.59 Å². The summed E-state index contributed by atoms with van der Waals surface area (Å²) in [5.74, 6) is 0.224. The smallest absolute Gasteiger partial charge is 0.338 e. The first-order valence-electron chi connectivity index (χ1n) is 7.70. The van der Waals surface area contributed by atoms with E-state index in [1.807, 2.05) is 0 Å². The van der Waals surface area contributed by atoms with Gasteiger partial charge in [-0.3, -0.25) is 4.79 Å². The summed E-state index contributed by atoms with van der Waals surface area (Å²) in [6.07, 6.45) is -0.940. The summed E-state index contributed by atoms with van der Waals surface area (Å²) in [7, 11) is 0. The number of carbonyl (C=O) groups is 2. The van der Waals surface area contributed by atoms with Gasteiger partial charge in [-0.25, -0.2) is 4.79 Å². The van der Waals surface area contributed by atoms with Gasteiger partial charge in [0, 0.05) is 16.2 Å². The van der Waals surface area contributed by atoms with E-state index in [0.717, 1.165) is 4.47 Å². The van der Waals surface area contributed by atoms with Crippen LogP contribution in [-0.4, -0.2) is 31.2 Å². The van der Waals surface area contributed by atoms with Crippen molar-refractivity contribution in [2.75, 3.05) is 18.5 Å². The Hall–Kier alpha value is -2.54. The van der Waals surface area contributed by atoms with Gasteiger partial charge < -0.3 is 19.5 Å². The van der Waals surface area contributed by atoms with E-state index in [2.05, 4.69) is 21.2 Å². The molecule has 1 atom stereocenters. The van der Waals surface area contributed by atoms with Gasteiger partial charge in [-0.2, -0.15) is 0 Å². The highest BCUT2D eigenvalue weighted by Gasteiger charge is 2.20. The molecule has 0 unspecified atom stereocenters. The van der Waals surface area contributed by atoms with Crippen molar-refractivity contribution in [3.63, 3.8) is 0 Å². The highest BCUT2D eigenvalue weighted by molar-refractivity contribution is 9.10. The topological polar surface area (TPSA) is 73.9 Å². The van der Waals surface area contributed by atoms with E-state index < -0.39 is 18.0 Å². The van der Waals surface area contributed by atoms with Gasteiger partial charge in [0.25, 0.3) is 5.91 Å². The van der Waals surface area contributed by atoms with Gasteiger partial charge in [-0.05, 0) is 43.3 Å². The number of anilines is 1. The van der Waals surface area contributed by atoms with Gasteiger partial charge in [0.2, 0.25) is 0 Å². The van der Waals surface area contributed by atoms with Crippen LogP contribution in [0.2, 0.25) is 0 Å².